The third kappa shape index (κ3) is 7.69. The Bertz CT molecular complexity index is 1480. The number of ether oxygens (including phenoxy) is 2. The van der Waals surface area contributed by atoms with E-state index in [9.17, 15) is 14.4 Å². The number of hydrogen-bond acceptors (Lipinski definition) is 5. The lowest BCUT2D eigenvalue weighted by atomic mass is 9.91. The van der Waals surface area contributed by atoms with Gasteiger partial charge in [0.2, 0.25) is 0 Å². The topological polar surface area (TPSA) is 86.0 Å². The normalized spacial score (nSPS) is 19.0. The molecule has 2 aliphatic rings. The van der Waals surface area contributed by atoms with Gasteiger partial charge in [0.1, 0.15) is 11.3 Å². The number of unbranched alkanes of at least 4 members (excludes halogenated alkanes) is 1. The number of imidazole rings is 1. The number of carbonyl (C=O) groups is 2. The summed E-state index contributed by atoms with van der Waals surface area (Å²) in [5, 5.41) is 0. The van der Waals surface area contributed by atoms with E-state index >= 15 is 0 Å². The molecule has 0 spiro atoms. The standard InChI is InChI=1S/C36H48N4O5/c1-5-6-25-44-30-20-14-13-19-29(30)40-31(28-17-11-8-12-18-28)32(39(34(40)42)26-27-15-9-7-10-16-27)33(41)37-21-23-38(24-22-37)35(43)45-36(2,3)4/h7-12,15-18,29-30H,5-6,13-14,19-26H2,1-4H3/t29-,30-/m1/s1. The van der Waals surface area contributed by atoms with Gasteiger partial charge in [-0.3, -0.25) is 13.9 Å². The van der Waals surface area contributed by atoms with Crippen LogP contribution in [-0.2, 0) is 16.0 Å². The SMILES string of the molecule is CCCCO[C@@H]1CCCC[C@H]1n1c(-c2ccccc2)c(C(=O)N2CCN(C(=O)OC(C)(C)C)CC2)n(Cc2ccccc2)c1=O. The first-order valence-corrected chi connectivity index (χ1v) is 16.5. The van der Waals surface area contributed by atoms with Gasteiger partial charge in [-0.2, -0.15) is 0 Å². The molecule has 0 unspecified atom stereocenters. The van der Waals surface area contributed by atoms with E-state index in [-0.39, 0.29) is 36.4 Å². The van der Waals surface area contributed by atoms with Crippen molar-refractivity contribution in [1.82, 2.24) is 18.9 Å². The minimum absolute atomic E-state index is 0.0987. The van der Waals surface area contributed by atoms with Crippen molar-refractivity contribution in [2.45, 2.75) is 90.5 Å². The molecule has 2 heterocycles. The molecular weight excluding hydrogens is 568 g/mol. The molecule has 1 aliphatic carbocycles. The molecule has 45 heavy (non-hydrogen) atoms. The zero-order valence-electron chi connectivity index (χ0n) is 27.2. The number of amides is 2. The molecule has 2 aromatic carbocycles. The highest BCUT2D eigenvalue weighted by Crippen LogP contribution is 2.36. The molecule has 0 bridgehead atoms. The van der Waals surface area contributed by atoms with Gasteiger partial charge in [0.25, 0.3) is 5.91 Å². The second-order valence-corrected chi connectivity index (χ2v) is 13.2. The summed E-state index contributed by atoms with van der Waals surface area (Å²) in [6, 6.07) is 19.4. The molecule has 2 fully saturated rings. The van der Waals surface area contributed by atoms with Crippen LogP contribution in [0.5, 0.6) is 0 Å². The maximum Gasteiger partial charge on any atom is 0.410 e. The summed E-state index contributed by atoms with van der Waals surface area (Å²) in [7, 11) is 0. The molecule has 2 atom stereocenters. The van der Waals surface area contributed by atoms with Crippen molar-refractivity contribution in [3.8, 4) is 11.3 Å². The summed E-state index contributed by atoms with van der Waals surface area (Å²) in [5.41, 5.74) is 2.02. The first kappa shape index (κ1) is 32.5. The molecule has 1 saturated carbocycles. The van der Waals surface area contributed by atoms with Gasteiger partial charge in [-0.1, -0.05) is 86.8 Å². The molecule has 0 N–H and O–H groups in total. The van der Waals surface area contributed by atoms with Crippen LogP contribution in [-0.4, -0.2) is 75.4 Å². The van der Waals surface area contributed by atoms with Gasteiger partial charge in [-0.05, 0) is 45.6 Å². The smallest absolute Gasteiger partial charge is 0.410 e. The van der Waals surface area contributed by atoms with Crippen LogP contribution in [0.1, 0.15) is 88.3 Å². The van der Waals surface area contributed by atoms with Gasteiger partial charge in [-0.25, -0.2) is 9.59 Å². The summed E-state index contributed by atoms with van der Waals surface area (Å²) in [6.45, 7) is 10.0. The van der Waals surface area contributed by atoms with Crippen LogP contribution in [0.2, 0.25) is 0 Å². The molecule has 0 radical (unpaired) electrons. The van der Waals surface area contributed by atoms with E-state index in [1.165, 1.54) is 0 Å². The predicted molar refractivity (Wildman–Crippen MR) is 176 cm³/mol. The van der Waals surface area contributed by atoms with Gasteiger partial charge in [0.05, 0.1) is 24.4 Å². The van der Waals surface area contributed by atoms with Crippen molar-refractivity contribution in [1.29, 1.82) is 0 Å². The molecule has 9 heteroatoms. The predicted octanol–water partition coefficient (Wildman–Crippen LogP) is 6.36. The molecule has 5 rings (SSSR count). The van der Waals surface area contributed by atoms with Gasteiger partial charge in [0, 0.05) is 38.3 Å². The first-order valence-electron chi connectivity index (χ1n) is 16.5. The van der Waals surface area contributed by atoms with Crippen LogP contribution in [0.25, 0.3) is 11.3 Å². The van der Waals surface area contributed by atoms with Gasteiger partial charge in [0.15, 0.2) is 0 Å². The monoisotopic (exact) mass is 616 g/mol. The van der Waals surface area contributed by atoms with E-state index in [2.05, 4.69) is 6.92 Å². The van der Waals surface area contributed by atoms with E-state index in [0.29, 0.717) is 44.2 Å². The summed E-state index contributed by atoms with van der Waals surface area (Å²) in [6.07, 6.45) is 5.29. The third-order valence-electron chi connectivity index (χ3n) is 8.65. The molecule has 9 nitrogen and oxygen atoms in total. The van der Waals surface area contributed by atoms with Crippen molar-refractivity contribution >= 4 is 12.0 Å². The van der Waals surface area contributed by atoms with Crippen molar-refractivity contribution < 1.29 is 19.1 Å². The van der Waals surface area contributed by atoms with Gasteiger partial charge < -0.3 is 19.3 Å². The van der Waals surface area contributed by atoms with Crippen LogP contribution in [0, 0.1) is 0 Å². The summed E-state index contributed by atoms with van der Waals surface area (Å²) < 4.78 is 15.5. The number of benzene rings is 2. The number of hydrogen-bond donors (Lipinski definition) is 0. The number of rotatable bonds is 9. The Labute approximate surface area is 266 Å². The van der Waals surface area contributed by atoms with E-state index in [1.54, 1.807) is 14.4 Å². The average molecular weight is 617 g/mol. The second kappa shape index (κ2) is 14.5. The van der Waals surface area contributed by atoms with Crippen LogP contribution in [0.15, 0.2) is 65.5 Å². The van der Waals surface area contributed by atoms with Crippen LogP contribution in [0.4, 0.5) is 4.79 Å². The number of piperazine rings is 1. The van der Waals surface area contributed by atoms with Crippen LogP contribution in [0.3, 0.4) is 0 Å². The van der Waals surface area contributed by atoms with E-state index < -0.39 is 5.60 Å². The van der Waals surface area contributed by atoms with Gasteiger partial charge in [-0.15, -0.1) is 0 Å². The molecule has 242 valence electrons. The third-order valence-corrected chi connectivity index (χ3v) is 8.65. The second-order valence-electron chi connectivity index (χ2n) is 13.2. The van der Waals surface area contributed by atoms with Crippen molar-refractivity contribution in [2.75, 3.05) is 32.8 Å². The Kier molecular flexibility index (Phi) is 10.5. The number of aromatic nitrogens is 2. The van der Waals surface area contributed by atoms with Crippen molar-refractivity contribution in [3.05, 3.63) is 82.4 Å². The molecule has 2 amide bonds. The lowest BCUT2D eigenvalue weighted by Crippen LogP contribution is -2.52. The van der Waals surface area contributed by atoms with Crippen LogP contribution < -0.4 is 5.69 Å². The zero-order chi connectivity index (χ0) is 32.0. The zero-order valence-corrected chi connectivity index (χ0v) is 27.2. The van der Waals surface area contributed by atoms with E-state index in [0.717, 1.165) is 49.7 Å². The average Bonchev–Trinajstić information content (AvgIpc) is 3.32. The highest BCUT2D eigenvalue weighted by molar-refractivity contribution is 5.99. The fraction of sp³-hybridized carbons (Fsp3) is 0.528. The Morgan fingerprint density at radius 1 is 0.867 bits per heavy atom. The molecule has 1 aromatic heterocycles. The van der Waals surface area contributed by atoms with Crippen LogP contribution >= 0.6 is 0 Å². The minimum Gasteiger partial charge on any atom is -0.444 e. The van der Waals surface area contributed by atoms with E-state index in [4.69, 9.17) is 9.47 Å². The highest BCUT2D eigenvalue weighted by atomic mass is 16.6. The Hall–Kier alpha value is -3.85. The summed E-state index contributed by atoms with van der Waals surface area (Å²) in [4.78, 5) is 45.5. The largest absolute Gasteiger partial charge is 0.444 e. The lowest BCUT2D eigenvalue weighted by Gasteiger charge is -2.36. The lowest BCUT2D eigenvalue weighted by molar-refractivity contribution is -0.00768. The summed E-state index contributed by atoms with van der Waals surface area (Å²) in [5.74, 6) is -0.205. The first-order chi connectivity index (χ1) is 21.7. The van der Waals surface area contributed by atoms with Crippen molar-refractivity contribution in [3.63, 3.8) is 0 Å². The van der Waals surface area contributed by atoms with Crippen molar-refractivity contribution in [2.24, 2.45) is 0 Å². The van der Waals surface area contributed by atoms with E-state index in [1.807, 2.05) is 86.0 Å². The quantitative estimate of drug-likeness (QED) is 0.261. The van der Waals surface area contributed by atoms with Gasteiger partial charge >= 0.3 is 11.8 Å². The molecule has 3 aromatic rings. The Balaban J connectivity index is 1.58. The molecule has 1 aliphatic heterocycles. The summed E-state index contributed by atoms with van der Waals surface area (Å²) >= 11 is 0. The fourth-order valence-electron chi connectivity index (χ4n) is 6.39. The molecule has 1 saturated heterocycles. The number of carbonyl (C=O) groups excluding carboxylic acids is 2. The highest BCUT2D eigenvalue weighted by Gasteiger charge is 2.37. The fourth-order valence-corrected chi connectivity index (χ4v) is 6.39. The maximum absolute atomic E-state index is 14.7. The Morgan fingerprint density at radius 2 is 1.49 bits per heavy atom. The molecular formula is C36H48N4O5. The Morgan fingerprint density at radius 3 is 2.13 bits per heavy atom. The maximum atomic E-state index is 14.7. The number of nitrogens with zero attached hydrogens (tertiary/aromatic N) is 4. The minimum atomic E-state index is -0.595.